The smallest absolute Gasteiger partial charge is 0.415 e. The molecule has 1 N–H and O–H groups in total. The number of halogens is 6. The summed E-state index contributed by atoms with van der Waals surface area (Å²) in [4.78, 5) is 11.8. The summed E-state index contributed by atoms with van der Waals surface area (Å²) in [6.07, 6.45) is -5.90. The minimum absolute atomic E-state index is 0.228. The molecule has 13 heteroatoms. The average molecular weight is 488 g/mol. The van der Waals surface area contributed by atoms with Crippen molar-refractivity contribution in [3.8, 4) is 5.75 Å². The molecule has 24 heavy (non-hydrogen) atoms. The number of alkyl halides is 5. The van der Waals surface area contributed by atoms with Crippen molar-refractivity contribution in [1.29, 1.82) is 0 Å². The summed E-state index contributed by atoms with van der Waals surface area (Å²) in [6.45, 7) is 0. The molecule has 136 valence electrons. The SMILES string of the molecule is COc1cc(I)ccc1C(=O)NC(C(F)(F)F)C(F)(F)S(=O)(=O)[O-]. The van der Waals surface area contributed by atoms with Gasteiger partial charge in [-0.3, -0.25) is 4.79 Å². The van der Waals surface area contributed by atoms with Crippen molar-refractivity contribution in [2.45, 2.75) is 17.5 Å². The van der Waals surface area contributed by atoms with E-state index in [-0.39, 0.29) is 5.75 Å². The van der Waals surface area contributed by atoms with Crippen LogP contribution >= 0.6 is 22.6 Å². The Hall–Kier alpha value is -1.22. The molecule has 0 aliphatic carbocycles. The van der Waals surface area contributed by atoms with E-state index >= 15 is 0 Å². The number of hydrogen-bond donors (Lipinski definition) is 1. The molecule has 0 saturated heterocycles. The number of ether oxygens (including phenoxy) is 1. The van der Waals surface area contributed by atoms with Crippen molar-refractivity contribution in [2.24, 2.45) is 0 Å². The lowest BCUT2D eigenvalue weighted by Gasteiger charge is -2.30. The van der Waals surface area contributed by atoms with Gasteiger partial charge in [-0.25, -0.2) is 8.42 Å². The molecule has 0 bridgehead atoms. The van der Waals surface area contributed by atoms with Gasteiger partial charge in [-0.1, -0.05) is 0 Å². The van der Waals surface area contributed by atoms with E-state index in [2.05, 4.69) is 0 Å². The lowest BCUT2D eigenvalue weighted by atomic mass is 10.1. The van der Waals surface area contributed by atoms with Crippen LogP contribution in [0.25, 0.3) is 0 Å². The number of carbonyl (C=O) groups is 1. The molecule has 0 heterocycles. The molecule has 0 aliphatic rings. The fourth-order valence-electron chi connectivity index (χ4n) is 1.56. The van der Waals surface area contributed by atoms with Crippen molar-refractivity contribution >= 4 is 38.6 Å². The summed E-state index contributed by atoms with van der Waals surface area (Å²) >= 11 is 1.80. The van der Waals surface area contributed by atoms with Gasteiger partial charge in [-0.05, 0) is 40.8 Å². The molecule has 6 nitrogen and oxygen atoms in total. The minimum atomic E-state index is -6.69. The zero-order valence-corrected chi connectivity index (χ0v) is 14.5. The highest BCUT2D eigenvalue weighted by molar-refractivity contribution is 14.1. The van der Waals surface area contributed by atoms with Gasteiger partial charge in [0, 0.05) is 3.57 Å². The third kappa shape index (κ3) is 4.44. The molecule has 0 aromatic heterocycles. The molecule has 1 aromatic carbocycles. The molecule has 0 radical (unpaired) electrons. The topological polar surface area (TPSA) is 95.5 Å². The maximum atomic E-state index is 13.3. The Morgan fingerprint density at radius 1 is 1.29 bits per heavy atom. The molecular formula is C11H8F5INO5S-. The Morgan fingerprint density at radius 2 is 1.83 bits per heavy atom. The first kappa shape index (κ1) is 20.8. The Morgan fingerprint density at radius 3 is 2.25 bits per heavy atom. The molecule has 1 rings (SSSR count). The van der Waals surface area contributed by atoms with E-state index in [1.165, 1.54) is 12.1 Å². The Bertz CT molecular complexity index is 737. The Balaban J connectivity index is 3.29. The fraction of sp³-hybridized carbons (Fsp3) is 0.364. The molecule has 1 atom stereocenters. The number of carbonyl (C=O) groups excluding carboxylic acids is 1. The molecule has 0 aliphatic heterocycles. The molecular weight excluding hydrogens is 480 g/mol. The highest BCUT2D eigenvalue weighted by Crippen LogP contribution is 2.36. The number of methoxy groups -OCH3 is 1. The monoisotopic (exact) mass is 488 g/mol. The van der Waals surface area contributed by atoms with Crippen LogP contribution in [0.1, 0.15) is 10.4 Å². The third-order valence-corrected chi connectivity index (χ3v) is 4.25. The Kier molecular flexibility index (Phi) is 6.03. The summed E-state index contributed by atoms with van der Waals surface area (Å²) in [5, 5.41) is -4.96. The summed E-state index contributed by atoms with van der Waals surface area (Å²) in [5.41, 5.74) is -0.550. The van der Waals surface area contributed by atoms with Crippen LogP contribution in [0.3, 0.4) is 0 Å². The van der Waals surface area contributed by atoms with Gasteiger partial charge in [0.1, 0.15) is 5.75 Å². The van der Waals surface area contributed by atoms with Crippen molar-refractivity contribution in [3.05, 3.63) is 27.3 Å². The molecule has 0 saturated carbocycles. The van der Waals surface area contributed by atoms with Crippen LogP contribution in [-0.4, -0.2) is 43.5 Å². The maximum Gasteiger partial charge on any atom is 0.415 e. The van der Waals surface area contributed by atoms with Gasteiger partial charge in [0.2, 0.25) is 6.04 Å². The Labute approximate surface area is 146 Å². The van der Waals surface area contributed by atoms with E-state index in [4.69, 9.17) is 4.74 Å². The maximum absolute atomic E-state index is 13.3. The van der Waals surface area contributed by atoms with Gasteiger partial charge >= 0.3 is 11.4 Å². The summed E-state index contributed by atoms with van der Waals surface area (Å²) in [5.74, 6) is -1.91. The lowest BCUT2D eigenvalue weighted by molar-refractivity contribution is -0.191. The number of rotatable bonds is 5. The van der Waals surface area contributed by atoms with Crippen molar-refractivity contribution < 1.29 is 44.5 Å². The number of benzene rings is 1. The molecule has 1 amide bonds. The van der Waals surface area contributed by atoms with E-state index < -0.39 is 39.1 Å². The van der Waals surface area contributed by atoms with Gasteiger partial charge in [-0.2, -0.15) is 22.0 Å². The molecule has 1 aromatic rings. The largest absolute Gasteiger partial charge is 0.743 e. The van der Waals surface area contributed by atoms with Crippen LogP contribution in [0.4, 0.5) is 22.0 Å². The van der Waals surface area contributed by atoms with Crippen molar-refractivity contribution in [3.63, 3.8) is 0 Å². The van der Waals surface area contributed by atoms with Gasteiger partial charge in [-0.15, -0.1) is 0 Å². The lowest BCUT2D eigenvalue weighted by Crippen LogP contribution is -2.59. The highest BCUT2D eigenvalue weighted by Gasteiger charge is 2.60. The van der Waals surface area contributed by atoms with Crippen LogP contribution in [0, 0.1) is 3.57 Å². The molecule has 1 unspecified atom stereocenters. The highest BCUT2D eigenvalue weighted by atomic mass is 127. The van der Waals surface area contributed by atoms with Gasteiger partial charge < -0.3 is 14.6 Å². The van der Waals surface area contributed by atoms with Gasteiger partial charge in [0.25, 0.3) is 5.91 Å². The second kappa shape index (κ2) is 6.95. The van der Waals surface area contributed by atoms with E-state index in [0.29, 0.717) is 3.57 Å². The van der Waals surface area contributed by atoms with Crippen LogP contribution in [0.5, 0.6) is 5.75 Å². The van der Waals surface area contributed by atoms with Crippen LogP contribution in [0.15, 0.2) is 18.2 Å². The normalized spacial score (nSPS) is 14.2. The third-order valence-electron chi connectivity index (χ3n) is 2.68. The second-order valence-electron chi connectivity index (χ2n) is 4.31. The standard InChI is InChI=1S/C11H9F5INO5S/c1-23-7-4-5(17)2-3-6(7)8(19)18-9(10(12,13)14)11(15,16)24(20,21)22/h2-4,9H,1H3,(H,18,19)(H,20,21,22)/p-1. The first-order valence-corrected chi connectivity index (χ1v) is 8.25. The predicted octanol–water partition coefficient (Wildman–Crippen LogP) is 2.10. The van der Waals surface area contributed by atoms with E-state index in [1.54, 1.807) is 22.6 Å². The van der Waals surface area contributed by atoms with Crippen molar-refractivity contribution in [1.82, 2.24) is 5.32 Å². The minimum Gasteiger partial charge on any atom is -0.743 e. The van der Waals surface area contributed by atoms with Crippen LogP contribution in [-0.2, 0) is 10.1 Å². The summed E-state index contributed by atoms with van der Waals surface area (Å²) < 4.78 is 102. The van der Waals surface area contributed by atoms with E-state index in [1.807, 2.05) is 0 Å². The zero-order valence-electron chi connectivity index (χ0n) is 11.5. The summed E-state index contributed by atoms with van der Waals surface area (Å²) in [6, 6.07) is -0.708. The number of nitrogens with one attached hydrogen (secondary N) is 1. The average Bonchev–Trinajstić information content (AvgIpc) is 2.41. The predicted molar refractivity (Wildman–Crippen MR) is 77.7 cm³/mol. The second-order valence-corrected chi connectivity index (χ2v) is 7.01. The number of hydrogen-bond acceptors (Lipinski definition) is 5. The molecule has 0 fully saturated rings. The van der Waals surface area contributed by atoms with Gasteiger partial charge in [0.05, 0.1) is 12.7 Å². The fourth-order valence-corrected chi connectivity index (χ4v) is 2.51. The van der Waals surface area contributed by atoms with E-state index in [9.17, 15) is 39.7 Å². The summed E-state index contributed by atoms with van der Waals surface area (Å²) in [7, 11) is -5.60. The number of amides is 1. The first-order valence-electron chi connectivity index (χ1n) is 5.76. The van der Waals surface area contributed by atoms with E-state index in [0.717, 1.165) is 18.5 Å². The van der Waals surface area contributed by atoms with Crippen molar-refractivity contribution in [2.75, 3.05) is 7.11 Å². The quantitative estimate of drug-likeness (QED) is 0.390. The molecule has 0 spiro atoms. The van der Waals surface area contributed by atoms with Crippen LogP contribution in [0.2, 0.25) is 0 Å². The van der Waals surface area contributed by atoms with Crippen LogP contribution < -0.4 is 10.1 Å². The van der Waals surface area contributed by atoms with Gasteiger partial charge in [0.15, 0.2) is 10.1 Å². The zero-order chi connectivity index (χ0) is 18.9. The first-order chi connectivity index (χ1) is 10.7.